The zero-order chi connectivity index (χ0) is 19.6. The molecule has 1 aromatic heterocycles. The lowest BCUT2D eigenvalue weighted by molar-refractivity contribution is -0.197. The highest BCUT2D eigenvalue weighted by Gasteiger charge is 2.32. The van der Waals surface area contributed by atoms with Gasteiger partial charge in [0.05, 0.1) is 5.69 Å². The van der Waals surface area contributed by atoms with Crippen LogP contribution in [0, 0.1) is 0 Å². The van der Waals surface area contributed by atoms with Gasteiger partial charge in [0, 0.05) is 38.5 Å². The molecule has 0 bridgehead atoms. The molecule has 0 N–H and O–H groups in total. The van der Waals surface area contributed by atoms with E-state index in [1.54, 1.807) is 0 Å². The van der Waals surface area contributed by atoms with Gasteiger partial charge in [0.15, 0.2) is 0 Å². The van der Waals surface area contributed by atoms with Gasteiger partial charge in [-0.05, 0) is 32.9 Å². The fraction of sp³-hybridized carbons (Fsp3) is 0.722. The van der Waals surface area contributed by atoms with Gasteiger partial charge in [0.2, 0.25) is 0 Å². The standard InChI is InChI=1S/C18H29N5O4/c1-3-4-11-21(2)13-15-14-22(20-19-15)12-7-5-6-8-18(26)27-23-16(24)9-10-17(23)25/h14H,3-13H2,1-2H3. The van der Waals surface area contributed by atoms with Crippen molar-refractivity contribution in [2.75, 3.05) is 13.6 Å². The fourth-order valence-electron chi connectivity index (χ4n) is 2.83. The number of amides is 2. The van der Waals surface area contributed by atoms with Crippen LogP contribution in [0.2, 0.25) is 0 Å². The highest BCUT2D eigenvalue weighted by Crippen LogP contribution is 2.13. The Morgan fingerprint density at radius 1 is 1.19 bits per heavy atom. The van der Waals surface area contributed by atoms with Crippen molar-refractivity contribution in [1.82, 2.24) is 25.0 Å². The summed E-state index contributed by atoms with van der Waals surface area (Å²) >= 11 is 0. The number of unbranched alkanes of at least 4 members (excludes halogenated alkanes) is 3. The Hall–Kier alpha value is -2.29. The first-order valence-electron chi connectivity index (χ1n) is 9.63. The van der Waals surface area contributed by atoms with Crippen LogP contribution < -0.4 is 0 Å². The van der Waals surface area contributed by atoms with E-state index in [1.165, 1.54) is 12.8 Å². The molecule has 0 aliphatic carbocycles. The molecule has 0 atom stereocenters. The summed E-state index contributed by atoms with van der Waals surface area (Å²) in [5.41, 5.74) is 0.956. The van der Waals surface area contributed by atoms with Crippen molar-refractivity contribution in [1.29, 1.82) is 0 Å². The smallest absolute Gasteiger partial charge is 0.330 e. The number of hydroxylamine groups is 2. The third-order valence-electron chi connectivity index (χ3n) is 4.38. The van der Waals surface area contributed by atoms with E-state index >= 15 is 0 Å². The number of carbonyl (C=O) groups is 3. The topological polar surface area (TPSA) is 97.6 Å². The molecule has 1 aliphatic heterocycles. The molecule has 9 nitrogen and oxygen atoms in total. The van der Waals surface area contributed by atoms with Crippen LogP contribution in [0.4, 0.5) is 0 Å². The van der Waals surface area contributed by atoms with E-state index in [1.807, 2.05) is 10.9 Å². The molecule has 27 heavy (non-hydrogen) atoms. The van der Waals surface area contributed by atoms with Gasteiger partial charge in [-0.2, -0.15) is 0 Å². The van der Waals surface area contributed by atoms with Gasteiger partial charge >= 0.3 is 5.97 Å². The summed E-state index contributed by atoms with van der Waals surface area (Å²) in [5, 5.41) is 8.92. The number of imide groups is 1. The predicted octanol–water partition coefficient (Wildman–Crippen LogP) is 1.68. The van der Waals surface area contributed by atoms with Crippen LogP contribution in [0.1, 0.15) is 64.0 Å². The minimum atomic E-state index is -0.545. The van der Waals surface area contributed by atoms with Crippen LogP contribution in [0.15, 0.2) is 6.20 Å². The predicted molar refractivity (Wildman–Crippen MR) is 96.9 cm³/mol. The van der Waals surface area contributed by atoms with Gasteiger partial charge in [-0.1, -0.05) is 25.0 Å². The summed E-state index contributed by atoms with van der Waals surface area (Å²) in [6, 6.07) is 0. The quantitative estimate of drug-likeness (QED) is 0.402. The van der Waals surface area contributed by atoms with E-state index in [2.05, 4.69) is 29.2 Å². The molecule has 1 aromatic rings. The molecule has 1 aliphatic rings. The Kier molecular flexibility index (Phi) is 8.38. The third kappa shape index (κ3) is 7.09. The molecule has 2 amide bonds. The first-order valence-corrected chi connectivity index (χ1v) is 9.63. The number of aromatic nitrogens is 3. The van der Waals surface area contributed by atoms with Gasteiger partial charge in [-0.25, -0.2) is 4.79 Å². The Balaban J connectivity index is 1.58. The Morgan fingerprint density at radius 2 is 1.93 bits per heavy atom. The van der Waals surface area contributed by atoms with Crippen LogP contribution in [-0.2, 0) is 32.3 Å². The van der Waals surface area contributed by atoms with E-state index in [-0.39, 0.29) is 19.3 Å². The molecule has 1 fully saturated rings. The zero-order valence-electron chi connectivity index (χ0n) is 16.2. The number of aryl methyl sites for hydroxylation is 1. The van der Waals surface area contributed by atoms with Gasteiger partial charge < -0.3 is 9.74 Å². The summed E-state index contributed by atoms with van der Waals surface area (Å²) < 4.78 is 1.82. The van der Waals surface area contributed by atoms with Crippen molar-refractivity contribution < 1.29 is 19.2 Å². The SMILES string of the molecule is CCCCN(C)Cc1cn(CCCCCC(=O)ON2C(=O)CCC2=O)nn1. The van der Waals surface area contributed by atoms with Crippen molar-refractivity contribution in [2.45, 2.75) is 71.4 Å². The van der Waals surface area contributed by atoms with Crippen molar-refractivity contribution in [2.24, 2.45) is 0 Å². The molecular formula is C18H29N5O4. The number of rotatable bonds is 12. The molecule has 9 heteroatoms. The van der Waals surface area contributed by atoms with E-state index in [0.29, 0.717) is 11.5 Å². The van der Waals surface area contributed by atoms with Crippen molar-refractivity contribution in [3.63, 3.8) is 0 Å². The molecule has 2 heterocycles. The normalized spacial score (nSPS) is 14.4. The van der Waals surface area contributed by atoms with Crippen LogP contribution in [0.5, 0.6) is 0 Å². The lowest BCUT2D eigenvalue weighted by Crippen LogP contribution is -2.31. The highest BCUT2D eigenvalue weighted by molar-refractivity contribution is 6.01. The number of hydrogen-bond donors (Lipinski definition) is 0. The first-order chi connectivity index (χ1) is 13.0. The second kappa shape index (κ2) is 10.8. The highest BCUT2D eigenvalue weighted by atomic mass is 16.7. The molecule has 150 valence electrons. The van der Waals surface area contributed by atoms with Gasteiger partial charge in [-0.3, -0.25) is 14.3 Å². The maximum absolute atomic E-state index is 11.7. The van der Waals surface area contributed by atoms with E-state index in [4.69, 9.17) is 4.84 Å². The number of hydrogen-bond acceptors (Lipinski definition) is 7. The van der Waals surface area contributed by atoms with Crippen molar-refractivity contribution in [3.8, 4) is 0 Å². The van der Waals surface area contributed by atoms with Gasteiger partial charge in [-0.15, -0.1) is 10.2 Å². The third-order valence-corrected chi connectivity index (χ3v) is 4.38. The van der Waals surface area contributed by atoms with E-state index < -0.39 is 17.8 Å². The monoisotopic (exact) mass is 379 g/mol. The summed E-state index contributed by atoms with van der Waals surface area (Å²) in [6.07, 6.45) is 7.04. The molecule has 1 saturated heterocycles. The second-order valence-electron chi connectivity index (χ2n) is 6.92. The molecule has 0 spiro atoms. The molecule has 0 saturated carbocycles. The molecule has 0 aromatic carbocycles. The largest absolute Gasteiger partial charge is 0.333 e. The lowest BCUT2D eigenvalue weighted by atomic mass is 10.2. The van der Waals surface area contributed by atoms with E-state index in [0.717, 1.165) is 38.2 Å². The molecule has 0 radical (unpaired) electrons. The molecule has 0 unspecified atom stereocenters. The van der Waals surface area contributed by atoms with Crippen molar-refractivity contribution in [3.05, 3.63) is 11.9 Å². The summed E-state index contributed by atoms with van der Waals surface area (Å²) in [5.74, 6) is -1.44. The summed E-state index contributed by atoms with van der Waals surface area (Å²) in [6.45, 7) is 4.76. The molecule has 2 rings (SSSR count). The Labute approximate surface area is 159 Å². The van der Waals surface area contributed by atoms with Crippen LogP contribution >= 0.6 is 0 Å². The van der Waals surface area contributed by atoms with Crippen LogP contribution in [0.25, 0.3) is 0 Å². The van der Waals surface area contributed by atoms with E-state index in [9.17, 15) is 14.4 Å². The number of carbonyl (C=O) groups excluding carboxylic acids is 3. The first kappa shape index (κ1) is 21.0. The van der Waals surface area contributed by atoms with Crippen molar-refractivity contribution >= 4 is 17.8 Å². The zero-order valence-corrected chi connectivity index (χ0v) is 16.2. The maximum Gasteiger partial charge on any atom is 0.333 e. The van der Waals surface area contributed by atoms with Gasteiger partial charge in [0.1, 0.15) is 0 Å². The number of nitrogens with zero attached hydrogens (tertiary/aromatic N) is 5. The minimum absolute atomic E-state index is 0.112. The lowest BCUT2D eigenvalue weighted by Gasteiger charge is -2.13. The summed E-state index contributed by atoms with van der Waals surface area (Å²) in [4.78, 5) is 41.5. The Bertz CT molecular complexity index is 629. The Morgan fingerprint density at radius 3 is 2.63 bits per heavy atom. The molecular weight excluding hydrogens is 350 g/mol. The minimum Gasteiger partial charge on any atom is -0.330 e. The van der Waals surface area contributed by atoms with Crippen LogP contribution in [-0.4, -0.2) is 56.3 Å². The summed E-state index contributed by atoms with van der Waals surface area (Å²) in [7, 11) is 2.08. The van der Waals surface area contributed by atoms with Crippen LogP contribution in [0.3, 0.4) is 0 Å². The average molecular weight is 379 g/mol. The fourth-order valence-corrected chi connectivity index (χ4v) is 2.83. The average Bonchev–Trinajstić information content (AvgIpc) is 3.21. The second-order valence-corrected chi connectivity index (χ2v) is 6.92. The van der Waals surface area contributed by atoms with Gasteiger partial charge in [0.25, 0.3) is 11.8 Å². The maximum atomic E-state index is 11.7.